The van der Waals surface area contributed by atoms with Gasteiger partial charge in [-0.05, 0) is 0 Å². The summed E-state index contributed by atoms with van der Waals surface area (Å²) >= 11 is 8.25. The molecule has 4 aromatic carbocycles. The van der Waals surface area contributed by atoms with E-state index in [9.17, 15) is 0 Å². The van der Waals surface area contributed by atoms with Crippen molar-refractivity contribution >= 4 is 62.0 Å². The van der Waals surface area contributed by atoms with Gasteiger partial charge < -0.3 is 0 Å². The Balaban J connectivity index is 0.00000372. The Hall–Kier alpha value is -1.73. The summed E-state index contributed by atoms with van der Waals surface area (Å²) in [6, 6.07) is 25.6. The van der Waals surface area contributed by atoms with Crippen molar-refractivity contribution < 1.29 is 18.3 Å². The summed E-state index contributed by atoms with van der Waals surface area (Å²) < 4.78 is 11.7. The molecule has 0 aromatic heterocycles. The van der Waals surface area contributed by atoms with E-state index in [2.05, 4.69) is 190 Å². The second-order valence-corrected chi connectivity index (χ2v) is 35.9. The molecule has 0 bridgehead atoms. The van der Waals surface area contributed by atoms with Crippen LogP contribution in [0.15, 0.2) is 87.7 Å². The Bertz CT molecular complexity index is 2290. The Labute approximate surface area is 376 Å². The summed E-state index contributed by atoms with van der Waals surface area (Å²) in [5, 5.41) is 1.49. The van der Waals surface area contributed by atoms with Crippen molar-refractivity contribution in [3.63, 3.8) is 0 Å². The second kappa shape index (κ2) is 15.9. The topological polar surface area (TPSA) is 0 Å². The van der Waals surface area contributed by atoms with Crippen molar-refractivity contribution in [2.24, 2.45) is 11.3 Å². The van der Waals surface area contributed by atoms with Gasteiger partial charge in [-0.3, -0.25) is 0 Å². The minimum absolute atomic E-state index is 0. The van der Waals surface area contributed by atoms with E-state index >= 15 is 0 Å². The molecule has 2 aliphatic rings. The van der Waals surface area contributed by atoms with Gasteiger partial charge >= 0.3 is 354 Å². The first-order valence-corrected chi connectivity index (χ1v) is 28.3. The third kappa shape index (κ3) is 8.06. The van der Waals surface area contributed by atoms with Crippen LogP contribution in [0, 0.1) is 11.3 Å². The summed E-state index contributed by atoms with van der Waals surface area (Å²) in [6.45, 7) is 38.2. The van der Waals surface area contributed by atoms with Gasteiger partial charge in [-0.2, -0.15) is 0 Å². The second-order valence-electron chi connectivity index (χ2n) is 22.4. The number of hydrogen-bond acceptors (Lipinski definition) is 0. The summed E-state index contributed by atoms with van der Waals surface area (Å²) in [4.78, 5) is 0. The van der Waals surface area contributed by atoms with Crippen molar-refractivity contribution in [1.82, 2.24) is 0 Å². The van der Waals surface area contributed by atoms with Crippen LogP contribution in [0.1, 0.15) is 151 Å². The minimum atomic E-state index is -5.41. The number of fused-ring (bicyclic) bond motifs is 3. The molecule has 0 heterocycles. The molecular formula is C53H70Cl4Zr. The first kappa shape index (κ1) is 48.9. The fourth-order valence-corrected chi connectivity index (χ4v) is 28.1. The Morgan fingerprint density at radius 3 is 1.41 bits per heavy atom. The van der Waals surface area contributed by atoms with Crippen LogP contribution in [0.2, 0.25) is 10.0 Å². The molecule has 0 nitrogen and oxygen atoms in total. The number of benzene rings is 4. The standard InChI is InChI=1S/C29H41.C11H17.2C6H4Cl.CH2.2ClH.Zr/c1-26(2,3)22-14-18-13-19-15-23(27(4,5)6)25(29(10,11)12)17-21(19)20(18)16-24(22)28(7,8)9;1-5-9-6-7-10(8-9)11(2,3)4;2*7-6-4-2-1-3-5-6;;;;/h14,16-17H,13H2,1-12H3;7-9H,5H2,1-4H3;2*2-5H;1H2;2*1H;. The summed E-state index contributed by atoms with van der Waals surface area (Å²) in [7, 11) is 0. The molecule has 0 saturated carbocycles. The molecule has 0 spiro atoms. The fraction of sp³-hybridized carbons (Fsp3) is 0.453. The van der Waals surface area contributed by atoms with Gasteiger partial charge in [-0.15, -0.1) is 24.8 Å². The number of hydrogen-bond donors (Lipinski definition) is 0. The van der Waals surface area contributed by atoms with Crippen LogP contribution in [0.5, 0.6) is 0 Å². The third-order valence-electron chi connectivity index (χ3n) is 13.1. The average Bonchev–Trinajstić information content (AvgIpc) is 3.68. The van der Waals surface area contributed by atoms with Gasteiger partial charge in [-0.25, -0.2) is 0 Å². The van der Waals surface area contributed by atoms with Crippen LogP contribution in [0.25, 0.3) is 11.1 Å². The maximum absolute atomic E-state index is 6.83. The van der Waals surface area contributed by atoms with Gasteiger partial charge in [0, 0.05) is 0 Å². The average molecular weight is 940 g/mol. The van der Waals surface area contributed by atoms with E-state index in [1.165, 1.54) is 63.2 Å². The normalized spacial score (nSPS) is 16.2. The van der Waals surface area contributed by atoms with Gasteiger partial charge in [0.2, 0.25) is 0 Å². The Morgan fingerprint density at radius 2 is 1.02 bits per heavy atom. The van der Waals surface area contributed by atoms with E-state index in [1.54, 1.807) is 0 Å². The summed E-state index contributed by atoms with van der Waals surface area (Å²) in [5.41, 5.74) is 12.5. The molecule has 314 valence electrons. The monoisotopic (exact) mass is 936 g/mol. The Kier molecular flexibility index (Phi) is 13.4. The van der Waals surface area contributed by atoms with E-state index in [0.29, 0.717) is 0 Å². The molecular weight excluding hydrogens is 870 g/mol. The third-order valence-corrected chi connectivity index (χ3v) is 29.9. The van der Waals surface area contributed by atoms with Crippen molar-refractivity contribution in [2.75, 3.05) is 0 Å². The predicted molar refractivity (Wildman–Crippen MR) is 262 cm³/mol. The van der Waals surface area contributed by atoms with Crippen LogP contribution in [0.4, 0.5) is 0 Å². The number of halogens is 4. The summed E-state index contributed by atoms with van der Waals surface area (Å²) in [5.74, 6) is 0.240. The van der Waals surface area contributed by atoms with Crippen LogP contribution in [0.3, 0.4) is 0 Å². The molecule has 4 aromatic rings. The van der Waals surface area contributed by atoms with Crippen LogP contribution < -0.4 is 9.81 Å². The number of allylic oxidation sites excluding steroid dienone is 4. The first-order valence-electron chi connectivity index (χ1n) is 20.9. The zero-order valence-corrected chi connectivity index (χ0v) is 43.9. The molecule has 5 heteroatoms. The van der Waals surface area contributed by atoms with E-state index in [0.717, 1.165) is 22.9 Å². The van der Waals surface area contributed by atoms with Gasteiger partial charge in [0.05, 0.1) is 0 Å². The molecule has 1 atom stereocenters. The van der Waals surface area contributed by atoms with Crippen LogP contribution in [-0.2, 0) is 46.4 Å². The van der Waals surface area contributed by atoms with E-state index in [1.807, 2.05) is 0 Å². The predicted octanol–water partition coefficient (Wildman–Crippen LogP) is 14.9. The molecule has 2 aliphatic carbocycles. The summed E-state index contributed by atoms with van der Waals surface area (Å²) in [6.07, 6.45) is 7.09. The number of rotatable bonds is 5. The van der Waals surface area contributed by atoms with Gasteiger partial charge in [0.15, 0.2) is 0 Å². The van der Waals surface area contributed by atoms with Crippen LogP contribution >= 0.6 is 48.0 Å². The molecule has 6 rings (SSSR count). The first-order chi connectivity index (χ1) is 25.5. The van der Waals surface area contributed by atoms with Crippen molar-refractivity contribution in [3.8, 4) is 11.1 Å². The molecule has 1 unspecified atom stereocenters. The quantitative estimate of drug-likeness (QED) is 0.165. The molecule has 0 N–H and O–H groups in total. The zero-order chi connectivity index (χ0) is 41.8. The Morgan fingerprint density at radius 1 is 0.586 bits per heavy atom. The van der Waals surface area contributed by atoms with Crippen molar-refractivity contribution in [1.29, 1.82) is 0 Å². The van der Waals surface area contributed by atoms with E-state index < -0.39 is 18.3 Å². The van der Waals surface area contributed by atoms with E-state index in [-0.39, 0.29) is 57.8 Å². The van der Waals surface area contributed by atoms with E-state index in [4.69, 9.17) is 27.4 Å². The van der Waals surface area contributed by atoms with Crippen LogP contribution in [-0.4, -0.2) is 4.21 Å². The SMILES string of the molecule is Cl.Cl.[CH2]=[Zr]([C]1=CC(C(C)(C)C)=CC1CC)([c]1ccc(Cl)cc1)([c]1ccc(Cl)cc1)[c]1c2c(cc(C(C)(C)C)c1C(C)(C)C)-c1cc(C(C)(C)C)c(C(C)(C)C)cc1C2. The van der Waals surface area contributed by atoms with Gasteiger partial charge in [-0.1, -0.05) is 0 Å². The van der Waals surface area contributed by atoms with Crippen molar-refractivity contribution in [3.05, 3.63) is 131 Å². The molecule has 0 radical (unpaired) electrons. The molecule has 0 aliphatic heterocycles. The van der Waals surface area contributed by atoms with Gasteiger partial charge in [0.1, 0.15) is 0 Å². The molecule has 58 heavy (non-hydrogen) atoms. The fourth-order valence-electron chi connectivity index (χ4n) is 10.2. The molecule has 0 saturated heterocycles. The van der Waals surface area contributed by atoms with Gasteiger partial charge in [0.25, 0.3) is 0 Å². The molecule has 0 fully saturated rings. The molecule has 0 amide bonds. The maximum atomic E-state index is 6.83. The van der Waals surface area contributed by atoms with Crippen molar-refractivity contribution in [2.45, 2.75) is 145 Å². The zero-order valence-electron chi connectivity index (χ0n) is 38.3.